The molecular formula is C6H10N2S. The van der Waals surface area contributed by atoms with E-state index in [2.05, 4.69) is 22.9 Å². The van der Waals surface area contributed by atoms with Gasteiger partial charge in [0.05, 0.1) is 0 Å². The molecule has 0 bridgehead atoms. The lowest BCUT2D eigenvalue weighted by Crippen LogP contribution is -2.10. The van der Waals surface area contributed by atoms with Crippen molar-refractivity contribution in [3.8, 4) is 0 Å². The van der Waals surface area contributed by atoms with Gasteiger partial charge in [-0.15, -0.1) is 0 Å². The van der Waals surface area contributed by atoms with Crippen molar-refractivity contribution in [2.75, 3.05) is 5.88 Å². The molecule has 0 aromatic carbocycles. The molecule has 2 nitrogen and oxygen atoms in total. The van der Waals surface area contributed by atoms with Gasteiger partial charge in [0.15, 0.2) is 0 Å². The minimum atomic E-state index is 0.721. The van der Waals surface area contributed by atoms with E-state index in [1.807, 2.05) is 18.3 Å². The zero-order chi connectivity index (χ0) is 6.53. The van der Waals surface area contributed by atoms with E-state index in [1.165, 1.54) is 5.69 Å². The van der Waals surface area contributed by atoms with E-state index in [0.29, 0.717) is 0 Å². The molecule has 3 heteroatoms. The Morgan fingerprint density at radius 2 is 2.56 bits per heavy atom. The summed E-state index contributed by atoms with van der Waals surface area (Å²) >= 11 is 4.01. The maximum absolute atomic E-state index is 4.01. The van der Waals surface area contributed by atoms with Crippen molar-refractivity contribution < 1.29 is 0 Å². The molecule has 0 spiro atoms. The van der Waals surface area contributed by atoms with Crippen LogP contribution in [-0.2, 0) is 6.54 Å². The minimum absolute atomic E-state index is 0.721. The summed E-state index contributed by atoms with van der Waals surface area (Å²) in [5.41, 5.74) is 1.20. The molecule has 1 heterocycles. The predicted molar refractivity (Wildman–Crippen MR) is 41.5 cm³/mol. The van der Waals surface area contributed by atoms with Crippen LogP contribution in [0.3, 0.4) is 0 Å². The van der Waals surface area contributed by atoms with Crippen molar-refractivity contribution in [2.24, 2.45) is 0 Å². The smallest absolute Gasteiger partial charge is 0.0390 e. The Morgan fingerprint density at radius 3 is 3.11 bits per heavy atom. The summed E-state index contributed by atoms with van der Waals surface area (Å²) in [5, 5.41) is 3.08. The monoisotopic (exact) mass is 142 g/mol. The second-order valence-electron chi connectivity index (χ2n) is 1.78. The summed E-state index contributed by atoms with van der Waals surface area (Å²) < 4.78 is 0. The van der Waals surface area contributed by atoms with Gasteiger partial charge >= 0.3 is 0 Å². The fourth-order valence-electron chi connectivity index (χ4n) is 0.668. The van der Waals surface area contributed by atoms with E-state index in [4.69, 9.17) is 0 Å². The Balaban J connectivity index is 2.30. The Labute approximate surface area is 60.1 Å². The molecule has 50 valence electrons. The van der Waals surface area contributed by atoms with Gasteiger partial charge in [0.1, 0.15) is 0 Å². The maximum atomic E-state index is 4.01. The summed E-state index contributed by atoms with van der Waals surface area (Å²) in [6.45, 7) is 0.872. The summed E-state index contributed by atoms with van der Waals surface area (Å²) in [6.07, 6.45) is 1.91. The molecule has 1 rings (SSSR count). The lowest BCUT2D eigenvalue weighted by atomic mass is 10.4. The van der Waals surface area contributed by atoms with Crippen LogP contribution < -0.4 is 5.32 Å². The van der Waals surface area contributed by atoms with Gasteiger partial charge < -0.3 is 10.3 Å². The number of aromatic nitrogens is 1. The number of nitrogens with one attached hydrogen (secondary N) is 2. The number of thiol groups is 1. The van der Waals surface area contributed by atoms with Crippen LogP contribution in [0.15, 0.2) is 18.3 Å². The lowest BCUT2D eigenvalue weighted by Gasteiger charge is -1.95. The third-order valence-electron chi connectivity index (χ3n) is 1.09. The first-order valence-electron chi connectivity index (χ1n) is 2.87. The molecular weight excluding hydrogens is 132 g/mol. The normalized spacial score (nSPS) is 9.89. The van der Waals surface area contributed by atoms with E-state index < -0.39 is 0 Å². The van der Waals surface area contributed by atoms with Crippen molar-refractivity contribution in [1.82, 2.24) is 10.3 Å². The average molecular weight is 142 g/mol. The summed E-state index contributed by atoms with van der Waals surface area (Å²) in [5.74, 6) is 0.721. The molecule has 0 aliphatic heterocycles. The highest BCUT2D eigenvalue weighted by atomic mass is 32.1. The Morgan fingerprint density at radius 1 is 1.67 bits per heavy atom. The first-order chi connectivity index (χ1) is 4.43. The van der Waals surface area contributed by atoms with Crippen molar-refractivity contribution in [2.45, 2.75) is 6.54 Å². The van der Waals surface area contributed by atoms with Gasteiger partial charge in [-0.3, -0.25) is 0 Å². The number of hydrogen-bond donors (Lipinski definition) is 3. The van der Waals surface area contributed by atoms with Crippen molar-refractivity contribution >= 4 is 12.6 Å². The molecule has 0 radical (unpaired) electrons. The molecule has 0 amide bonds. The molecule has 0 saturated heterocycles. The van der Waals surface area contributed by atoms with Crippen LogP contribution in [0.5, 0.6) is 0 Å². The highest BCUT2D eigenvalue weighted by molar-refractivity contribution is 7.80. The number of rotatable bonds is 3. The lowest BCUT2D eigenvalue weighted by molar-refractivity contribution is 0.780. The van der Waals surface area contributed by atoms with Crippen LogP contribution in [0.1, 0.15) is 5.69 Å². The third kappa shape index (κ3) is 2.11. The summed E-state index contributed by atoms with van der Waals surface area (Å²) in [4.78, 5) is 3.08. The molecule has 0 aliphatic rings. The van der Waals surface area contributed by atoms with Gasteiger partial charge in [-0.2, -0.15) is 12.6 Å². The van der Waals surface area contributed by atoms with Crippen LogP contribution in [0.2, 0.25) is 0 Å². The van der Waals surface area contributed by atoms with Crippen LogP contribution >= 0.6 is 12.6 Å². The van der Waals surface area contributed by atoms with Crippen LogP contribution in [0.25, 0.3) is 0 Å². The standard InChI is InChI=1S/C6H10N2S/c9-5-7-4-6-2-1-3-8-6/h1-3,7-9H,4-5H2. The fourth-order valence-corrected chi connectivity index (χ4v) is 0.780. The molecule has 9 heavy (non-hydrogen) atoms. The van der Waals surface area contributed by atoms with Crippen molar-refractivity contribution in [1.29, 1.82) is 0 Å². The number of H-pyrrole nitrogens is 1. The zero-order valence-electron chi connectivity index (χ0n) is 5.09. The molecule has 0 unspecified atom stereocenters. The van der Waals surface area contributed by atoms with Gasteiger partial charge in [-0.1, -0.05) is 0 Å². The molecule has 0 saturated carbocycles. The zero-order valence-corrected chi connectivity index (χ0v) is 5.99. The second kappa shape index (κ2) is 3.58. The second-order valence-corrected chi connectivity index (χ2v) is 2.10. The fraction of sp³-hybridized carbons (Fsp3) is 0.333. The third-order valence-corrected chi connectivity index (χ3v) is 1.31. The van der Waals surface area contributed by atoms with Gasteiger partial charge in [0, 0.05) is 24.3 Å². The van der Waals surface area contributed by atoms with E-state index in [9.17, 15) is 0 Å². The van der Waals surface area contributed by atoms with E-state index in [-0.39, 0.29) is 0 Å². The van der Waals surface area contributed by atoms with Crippen LogP contribution in [0, 0.1) is 0 Å². The quantitative estimate of drug-likeness (QED) is 0.426. The Hall–Kier alpha value is -0.410. The Bertz CT molecular complexity index is 148. The van der Waals surface area contributed by atoms with Gasteiger partial charge in [-0.05, 0) is 12.1 Å². The summed E-state index contributed by atoms with van der Waals surface area (Å²) in [7, 11) is 0. The van der Waals surface area contributed by atoms with Crippen molar-refractivity contribution in [3.05, 3.63) is 24.0 Å². The minimum Gasteiger partial charge on any atom is -0.364 e. The topological polar surface area (TPSA) is 27.8 Å². The van der Waals surface area contributed by atoms with E-state index in [0.717, 1.165) is 12.4 Å². The van der Waals surface area contributed by atoms with Crippen molar-refractivity contribution in [3.63, 3.8) is 0 Å². The summed E-state index contributed by atoms with van der Waals surface area (Å²) in [6, 6.07) is 4.02. The first kappa shape index (κ1) is 6.71. The number of aromatic amines is 1. The largest absolute Gasteiger partial charge is 0.364 e. The molecule has 0 atom stereocenters. The van der Waals surface area contributed by atoms with Gasteiger partial charge in [0.2, 0.25) is 0 Å². The van der Waals surface area contributed by atoms with E-state index in [1.54, 1.807) is 0 Å². The molecule has 1 aromatic rings. The average Bonchev–Trinajstić information content (AvgIpc) is 2.34. The highest BCUT2D eigenvalue weighted by Crippen LogP contribution is 1.91. The Kier molecular flexibility index (Phi) is 2.67. The molecule has 2 N–H and O–H groups in total. The maximum Gasteiger partial charge on any atom is 0.0390 e. The SMILES string of the molecule is SCNCc1ccc[nH]1. The van der Waals surface area contributed by atoms with Crippen LogP contribution in [0.4, 0.5) is 0 Å². The molecule has 0 fully saturated rings. The molecule has 1 aromatic heterocycles. The highest BCUT2D eigenvalue weighted by Gasteiger charge is 1.87. The first-order valence-corrected chi connectivity index (χ1v) is 3.50. The molecule has 0 aliphatic carbocycles. The number of hydrogen-bond acceptors (Lipinski definition) is 2. The van der Waals surface area contributed by atoms with E-state index >= 15 is 0 Å². The predicted octanol–water partition coefficient (Wildman–Crippen LogP) is 0.992. The van der Waals surface area contributed by atoms with Gasteiger partial charge in [0.25, 0.3) is 0 Å². The van der Waals surface area contributed by atoms with Gasteiger partial charge in [-0.25, -0.2) is 0 Å². The van der Waals surface area contributed by atoms with Crippen LogP contribution in [-0.4, -0.2) is 10.9 Å².